The minimum absolute atomic E-state index is 0.232. The second kappa shape index (κ2) is 8.02. The minimum atomic E-state index is -0.232. The Hall–Kier alpha value is -3.54. The summed E-state index contributed by atoms with van der Waals surface area (Å²) in [7, 11) is 3.19. The molecule has 3 aromatic rings. The quantitative estimate of drug-likeness (QED) is 0.701. The van der Waals surface area contributed by atoms with E-state index in [0.717, 1.165) is 5.69 Å². The summed E-state index contributed by atoms with van der Waals surface area (Å²) in [4.78, 5) is 16.6. The number of anilines is 3. The minimum Gasteiger partial charge on any atom is -0.497 e. The number of nitrogens with zero attached hydrogens (tertiary/aromatic N) is 1. The zero-order chi connectivity index (χ0) is 18.4. The van der Waals surface area contributed by atoms with Crippen LogP contribution in [0, 0.1) is 0 Å². The Kier molecular flexibility index (Phi) is 5.34. The molecule has 6 heteroatoms. The number of nitrogens with one attached hydrogen (secondary N) is 2. The predicted octanol–water partition coefficient (Wildman–Crippen LogP) is 4.09. The number of pyridine rings is 1. The molecule has 6 nitrogen and oxygen atoms in total. The molecule has 0 aliphatic rings. The van der Waals surface area contributed by atoms with Gasteiger partial charge in [0.1, 0.15) is 11.5 Å². The van der Waals surface area contributed by atoms with Crippen LogP contribution in [0.25, 0.3) is 0 Å². The first-order valence-electron chi connectivity index (χ1n) is 8.00. The van der Waals surface area contributed by atoms with Gasteiger partial charge in [0.25, 0.3) is 5.91 Å². The fourth-order valence-corrected chi connectivity index (χ4v) is 2.42. The van der Waals surface area contributed by atoms with Crippen LogP contribution in [0.15, 0.2) is 67.0 Å². The highest BCUT2D eigenvalue weighted by molar-refractivity contribution is 6.04. The van der Waals surface area contributed by atoms with Gasteiger partial charge in [0, 0.05) is 18.0 Å². The summed E-state index contributed by atoms with van der Waals surface area (Å²) in [5.74, 6) is 1.12. The van der Waals surface area contributed by atoms with Crippen molar-refractivity contribution in [2.24, 2.45) is 0 Å². The van der Waals surface area contributed by atoms with Crippen LogP contribution in [0.2, 0.25) is 0 Å². The van der Waals surface area contributed by atoms with Crippen molar-refractivity contribution < 1.29 is 14.3 Å². The normalized spacial score (nSPS) is 10.1. The molecule has 0 saturated carbocycles. The molecule has 0 spiro atoms. The van der Waals surface area contributed by atoms with Gasteiger partial charge in [-0.25, -0.2) is 0 Å². The second-order valence-corrected chi connectivity index (χ2v) is 5.47. The van der Waals surface area contributed by atoms with E-state index in [9.17, 15) is 4.79 Å². The number of para-hydroxylation sites is 1. The molecule has 0 fully saturated rings. The lowest BCUT2D eigenvalue weighted by Crippen LogP contribution is -2.12. The molecular weight excluding hydrogens is 330 g/mol. The third kappa shape index (κ3) is 4.10. The maximum absolute atomic E-state index is 12.4. The van der Waals surface area contributed by atoms with E-state index < -0.39 is 0 Å². The molecular formula is C20H19N3O3. The van der Waals surface area contributed by atoms with Gasteiger partial charge in [0.05, 0.1) is 37.4 Å². The maximum atomic E-state index is 12.4. The van der Waals surface area contributed by atoms with Crippen LogP contribution in [0.4, 0.5) is 17.1 Å². The SMILES string of the molecule is COc1ccc(OC)c(Nc2cncc(C(=O)Nc3ccccc3)c2)c1. The largest absolute Gasteiger partial charge is 0.497 e. The Morgan fingerprint density at radius 2 is 1.73 bits per heavy atom. The van der Waals surface area contributed by atoms with Crippen molar-refractivity contribution in [1.29, 1.82) is 0 Å². The molecule has 1 amide bonds. The second-order valence-electron chi connectivity index (χ2n) is 5.47. The van der Waals surface area contributed by atoms with E-state index in [1.54, 1.807) is 32.5 Å². The van der Waals surface area contributed by atoms with Gasteiger partial charge >= 0.3 is 0 Å². The zero-order valence-electron chi connectivity index (χ0n) is 14.5. The lowest BCUT2D eigenvalue weighted by atomic mass is 10.2. The number of carbonyl (C=O) groups is 1. The van der Waals surface area contributed by atoms with Gasteiger partial charge in [0.15, 0.2) is 0 Å². The van der Waals surface area contributed by atoms with Crippen LogP contribution in [0.1, 0.15) is 10.4 Å². The van der Waals surface area contributed by atoms with Crippen LogP contribution in [0.5, 0.6) is 11.5 Å². The Balaban J connectivity index is 1.80. The van der Waals surface area contributed by atoms with Crippen LogP contribution in [-0.4, -0.2) is 25.1 Å². The highest BCUT2D eigenvalue weighted by Crippen LogP contribution is 2.31. The number of hydrogen-bond acceptors (Lipinski definition) is 5. The van der Waals surface area contributed by atoms with Crippen molar-refractivity contribution in [3.8, 4) is 11.5 Å². The summed E-state index contributed by atoms with van der Waals surface area (Å²) in [5.41, 5.74) is 2.55. The summed E-state index contributed by atoms with van der Waals surface area (Å²) in [6.07, 6.45) is 3.16. The fraction of sp³-hybridized carbons (Fsp3) is 0.100. The molecule has 0 saturated heterocycles. The molecule has 0 bridgehead atoms. The third-order valence-electron chi connectivity index (χ3n) is 3.72. The van der Waals surface area contributed by atoms with Crippen molar-refractivity contribution in [3.63, 3.8) is 0 Å². The summed E-state index contributed by atoms with van der Waals surface area (Å²) in [6, 6.07) is 16.4. The van der Waals surface area contributed by atoms with Gasteiger partial charge in [-0.1, -0.05) is 18.2 Å². The van der Waals surface area contributed by atoms with Crippen molar-refractivity contribution in [1.82, 2.24) is 4.98 Å². The molecule has 1 aromatic heterocycles. The summed E-state index contributed by atoms with van der Waals surface area (Å²) in [6.45, 7) is 0. The smallest absolute Gasteiger partial charge is 0.257 e. The highest BCUT2D eigenvalue weighted by atomic mass is 16.5. The average molecular weight is 349 g/mol. The molecule has 2 aromatic carbocycles. The highest BCUT2D eigenvalue weighted by Gasteiger charge is 2.10. The molecule has 26 heavy (non-hydrogen) atoms. The first-order chi connectivity index (χ1) is 12.7. The number of methoxy groups -OCH3 is 2. The summed E-state index contributed by atoms with van der Waals surface area (Å²) >= 11 is 0. The Morgan fingerprint density at radius 3 is 2.46 bits per heavy atom. The van der Waals surface area contributed by atoms with E-state index in [2.05, 4.69) is 15.6 Å². The zero-order valence-corrected chi connectivity index (χ0v) is 14.5. The number of carbonyl (C=O) groups excluding carboxylic acids is 1. The summed E-state index contributed by atoms with van der Waals surface area (Å²) in [5, 5.41) is 6.05. The van der Waals surface area contributed by atoms with Crippen LogP contribution in [-0.2, 0) is 0 Å². The van der Waals surface area contributed by atoms with Gasteiger partial charge in [0.2, 0.25) is 0 Å². The van der Waals surface area contributed by atoms with Gasteiger partial charge in [-0.15, -0.1) is 0 Å². The summed E-state index contributed by atoms with van der Waals surface area (Å²) < 4.78 is 10.6. The number of benzene rings is 2. The van der Waals surface area contributed by atoms with Crippen molar-refractivity contribution in [2.75, 3.05) is 24.9 Å². The van der Waals surface area contributed by atoms with Crippen LogP contribution in [0.3, 0.4) is 0 Å². The van der Waals surface area contributed by atoms with Gasteiger partial charge in [-0.05, 0) is 30.3 Å². The topological polar surface area (TPSA) is 72.5 Å². The number of ether oxygens (including phenoxy) is 2. The van der Waals surface area contributed by atoms with Crippen LogP contribution < -0.4 is 20.1 Å². The van der Waals surface area contributed by atoms with Crippen molar-refractivity contribution in [3.05, 3.63) is 72.6 Å². The molecule has 0 unspecified atom stereocenters. The molecule has 1 heterocycles. The average Bonchev–Trinajstić information content (AvgIpc) is 2.69. The van der Waals surface area contributed by atoms with E-state index in [1.165, 1.54) is 6.20 Å². The van der Waals surface area contributed by atoms with Gasteiger partial charge in [-0.2, -0.15) is 0 Å². The molecule has 2 N–H and O–H groups in total. The van der Waals surface area contributed by atoms with E-state index in [1.807, 2.05) is 42.5 Å². The Morgan fingerprint density at radius 1 is 0.923 bits per heavy atom. The van der Waals surface area contributed by atoms with Crippen molar-refractivity contribution in [2.45, 2.75) is 0 Å². The third-order valence-corrected chi connectivity index (χ3v) is 3.72. The first kappa shape index (κ1) is 17.3. The van der Waals surface area contributed by atoms with E-state index in [0.29, 0.717) is 28.4 Å². The van der Waals surface area contributed by atoms with Gasteiger partial charge in [-0.3, -0.25) is 9.78 Å². The number of rotatable bonds is 6. The Labute approximate surface area is 151 Å². The van der Waals surface area contributed by atoms with Crippen LogP contribution >= 0.6 is 0 Å². The predicted molar refractivity (Wildman–Crippen MR) is 101 cm³/mol. The molecule has 0 atom stereocenters. The number of aromatic nitrogens is 1. The van der Waals surface area contributed by atoms with E-state index in [-0.39, 0.29) is 5.91 Å². The monoisotopic (exact) mass is 349 g/mol. The standard InChI is InChI=1S/C20H19N3O3/c1-25-17-8-9-19(26-2)18(11-17)22-16-10-14(12-21-13-16)20(24)23-15-6-4-3-5-7-15/h3-13,22H,1-2H3,(H,23,24). The number of amides is 1. The first-order valence-corrected chi connectivity index (χ1v) is 8.00. The lowest BCUT2D eigenvalue weighted by molar-refractivity contribution is 0.102. The van der Waals surface area contributed by atoms with Gasteiger partial charge < -0.3 is 20.1 Å². The fourth-order valence-electron chi connectivity index (χ4n) is 2.42. The van der Waals surface area contributed by atoms with Crippen molar-refractivity contribution >= 4 is 23.0 Å². The Bertz CT molecular complexity index is 898. The van der Waals surface area contributed by atoms with E-state index in [4.69, 9.17) is 9.47 Å². The maximum Gasteiger partial charge on any atom is 0.257 e. The molecule has 0 aliphatic carbocycles. The molecule has 0 radical (unpaired) electrons. The number of hydrogen-bond donors (Lipinski definition) is 2. The molecule has 0 aliphatic heterocycles. The lowest BCUT2D eigenvalue weighted by Gasteiger charge is -2.13. The molecule has 132 valence electrons. The molecule has 3 rings (SSSR count). The van der Waals surface area contributed by atoms with E-state index >= 15 is 0 Å².